The van der Waals surface area contributed by atoms with Gasteiger partial charge in [0, 0.05) is 12.0 Å². The highest BCUT2D eigenvalue weighted by Crippen LogP contribution is 2.24. The highest BCUT2D eigenvalue weighted by Gasteiger charge is 2.24. The van der Waals surface area contributed by atoms with Crippen LogP contribution in [0.3, 0.4) is 0 Å². The molecule has 1 amide bonds. The topological polar surface area (TPSA) is 55.1 Å². The minimum Gasteiger partial charge on any atom is -0.369 e. The molecule has 1 rings (SSSR count). The summed E-state index contributed by atoms with van der Waals surface area (Å²) in [6, 6.07) is 0.608. The molecule has 1 unspecified atom stereocenters. The molecule has 1 aliphatic carbocycles. The van der Waals surface area contributed by atoms with E-state index in [1.807, 2.05) is 0 Å². The van der Waals surface area contributed by atoms with Crippen LogP contribution in [-0.4, -0.2) is 18.5 Å². The van der Waals surface area contributed by atoms with Gasteiger partial charge in [-0.2, -0.15) is 0 Å². The van der Waals surface area contributed by atoms with Gasteiger partial charge in [0.1, 0.15) is 0 Å². The van der Waals surface area contributed by atoms with Crippen molar-refractivity contribution in [1.82, 2.24) is 5.32 Å². The van der Waals surface area contributed by atoms with E-state index in [0.29, 0.717) is 6.04 Å². The van der Waals surface area contributed by atoms with Gasteiger partial charge in [0.2, 0.25) is 5.91 Å². The number of primary amides is 1. The minimum absolute atomic E-state index is 0.108. The molecule has 3 nitrogen and oxygen atoms in total. The van der Waals surface area contributed by atoms with Crippen LogP contribution in [-0.2, 0) is 4.79 Å². The van der Waals surface area contributed by atoms with Crippen LogP contribution in [0.25, 0.3) is 0 Å². The van der Waals surface area contributed by atoms with Crippen LogP contribution in [0.4, 0.5) is 0 Å². The van der Waals surface area contributed by atoms with E-state index in [2.05, 4.69) is 19.2 Å². The maximum absolute atomic E-state index is 11.1. The fourth-order valence-corrected chi connectivity index (χ4v) is 2.86. The lowest BCUT2D eigenvalue weighted by molar-refractivity contribution is -0.122. The number of carbonyl (C=O) groups is 1. The molecule has 0 bridgehead atoms. The molecule has 106 valence electrons. The summed E-state index contributed by atoms with van der Waals surface area (Å²) in [6.07, 6.45) is 9.40. The Bertz CT molecular complexity index is 235. The number of nitrogens with one attached hydrogen (secondary N) is 1. The first kappa shape index (κ1) is 15.5. The lowest BCUT2D eigenvalue weighted by atomic mass is 9.85. The van der Waals surface area contributed by atoms with Gasteiger partial charge in [0.15, 0.2) is 0 Å². The van der Waals surface area contributed by atoms with Crippen molar-refractivity contribution in [2.45, 2.75) is 71.3 Å². The second-order valence-electron chi connectivity index (χ2n) is 5.78. The van der Waals surface area contributed by atoms with Crippen LogP contribution in [0.5, 0.6) is 0 Å². The zero-order valence-electron chi connectivity index (χ0n) is 12.1. The van der Waals surface area contributed by atoms with Gasteiger partial charge < -0.3 is 11.1 Å². The first-order valence-corrected chi connectivity index (χ1v) is 7.70. The second kappa shape index (κ2) is 8.52. The Morgan fingerprint density at radius 2 is 1.94 bits per heavy atom. The zero-order chi connectivity index (χ0) is 13.4. The standard InChI is InChI=1S/C15H30N2O/c1-3-5-6-12(4-2)11-17-14-9-7-13(8-10-14)15(16)18/h12-14,17H,3-11H2,1-2H3,(H2,16,18). The van der Waals surface area contributed by atoms with E-state index in [1.165, 1.54) is 25.7 Å². The fraction of sp³-hybridized carbons (Fsp3) is 0.933. The summed E-state index contributed by atoms with van der Waals surface area (Å²) in [6.45, 7) is 5.68. The summed E-state index contributed by atoms with van der Waals surface area (Å²) in [5.41, 5.74) is 5.35. The Morgan fingerprint density at radius 3 is 2.44 bits per heavy atom. The van der Waals surface area contributed by atoms with Crippen molar-refractivity contribution in [3.05, 3.63) is 0 Å². The summed E-state index contributed by atoms with van der Waals surface area (Å²) in [4.78, 5) is 11.1. The maximum atomic E-state index is 11.1. The minimum atomic E-state index is -0.108. The SMILES string of the molecule is CCCCC(CC)CNC1CCC(C(N)=O)CC1. The molecule has 1 atom stereocenters. The molecule has 1 fully saturated rings. The molecule has 1 aliphatic rings. The quantitative estimate of drug-likeness (QED) is 0.700. The monoisotopic (exact) mass is 254 g/mol. The van der Waals surface area contributed by atoms with Crippen molar-refractivity contribution in [2.75, 3.05) is 6.54 Å². The molecule has 0 saturated heterocycles. The predicted molar refractivity (Wildman–Crippen MR) is 76.2 cm³/mol. The van der Waals surface area contributed by atoms with E-state index in [0.717, 1.165) is 38.1 Å². The third-order valence-electron chi connectivity index (χ3n) is 4.37. The Hall–Kier alpha value is -0.570. The largest absolute Gasteiger partial charge is 0.369 e. The lowest BCUT2D eigenvalue weighted by Crippen LogP contribution is -2.38. The van der Waals surface area contributed by atoms with Crippen LogP contribution >= 0.6 is 0 Å². The summed E-state index contributed by atoms with van der Waals surface area (Å²) >= 11 is 0. The van der Waals surface area contributed by atoms with Gasteiger partial charge in [0.05, 0.1) is 0 Å². The third kappa shape index (κ3) is 5.38. The highest BCUT2D eigenvalue weighted by atomic mass is 16.1. The molecule has 0 heterocycles. The molecule has 0 radical (unpaired) electrons. The fourth-order valence-electron chi connectivity index (χ4n) is 2.86. The molecule has 3 N–H and O–H groups in total. The second-order valence-corrected chi connectivity index (χ2v) is 5.78. The predicted octanol–water partition coefficient (Wildman–Crippen LogP) is 2.84. The van der Waals surface area contributed by atoms with Gasteiger partial charge in [0.25, 0.3) is 0 Å². The first-order valence-electron chi connectivity index (χ1n) is 7.70. The number of hydrogen-bond acceptors (Lipinski definition) is 2. The Kier molecular flexibility index (Phi) is 7.33. The van der Waals surface area contributed by atoms with Gasteiger partial charge in [-0.25, -0.2) is 0 Å². The first-order chi connectivity index (χ1) is 8.67. The Morgan fingerprint density at radius 1 is 1.28 bits per heavy atom. The van der Waals surface area contributed by atoms with Crippen LogP contribution in [0.2, 0.25) is 0 Å². The van der Waals surface area contributed by atoms with Gasteiger partial charge in [-0.3, -0.25) is 4.79 Å². The molecule has 0 aromatic rings. The van der Waals surface area contributed by atoms with Crippen molar-refractivity contribution in [3.63, 3.8) is 0 Å². The van der Waals surface area contributed by atoms with Gasteiger partial charge >= 0.3 is 0 Å². The van der Waals surface area contributed by atoms with Crippen molar-refractivity contribution in [2.24, 2.45) is 17.6 Å². The maximum Gasteiger partial charge on any atom is 0.220 e. The van der Waals surface area contributed by atoms with Crippen molar-refractivity contribution < 1.29 is 4.79 Å². The Labute approximate surface area is 112 Å². The van der Waals surface area contributed by atoms with E-state index in [4.69, 9.17) is 5.73 Å². The summed E-state index contributed by atoms with van der Waals surface area (Å²) in [7, 11) is 0. The third-order valence-corrected chi connectivity index (χ3v) is 4.37. The smallest absolute Gasteiger partial charge is 0.220 e. The van der Waals surface area contributed by atoms with E-state index in [9.17, 15) is 4.79 Å². The van der Waals surface area contributed by atoms with E-state index < -0.39 is 0 Å². The van der Waals surface area contributed by atoms with Crippen LogP contribution < -0.4 is 11.1 Å². The average Bonchev–Trinajstić information content (AvgIpc) is 2.39. The van der Waals surface area contributed by atoms with Crippen LogP contribution in [0.1, 0.15) is 65.2 Å². The number of rotatable bonds is 8. The number of unbranched alkanes of at least 4 members (excludes halogenated alkanes) is 1. The highest BCUT2D eigenvalue weighted by molar-refractivity contribution is 5.76. The van der Waals surface area contributed by atoms with Gasteiger partial charge in [-0.05, 0) is 44.6 Å². The zero-order valence-corrected chi connectivity index (χ0v) is 12.1. The van der Waals surface area contributed by atoms with Gasteiger partial charge in [-0.1, -0.05) is 33.1 Å². The Balaban J connectivity index is 2.18. The average molecular weight is 254 g/mol. The summed E-state index contributed by atoms with van der Waals surface area (Å²) in [5.74, 6) is 0.840. The lowest BCUT2D eigenvalue weighted by Gasteiger charge is -2.29. The summed E-state index contributed by atoms with van der Waals surface area (Å²) in [5, 5.41) is 3.69. The molecule has 0 aliphatic heterocycles. The van der Waals surface area contributed by atoms with Crippen molar-refractivity contribution >= 4 is 5.91 Å². The van der Waals surface area contributed by atoms with E-state index in [-0.39, 0.29) is 11.8 Å². The number of carbonyl (C=O) groups excluding carboxylic acids is 1. The van der Waals surface area contributed by atoms with E-state index in [1.54, 1.807) is 0 Å². The van der Waals surface area contributed by atoms with Crippen molar-refractivity contribution in [1.29, 1.82) is 0 Å². The molecule has 0 aromatic carbocycles. The molecular weight excluding hydrogens is 224 g/mol. The van der Waals surface area contributed by atoms with Gasteiger partial charge in [-0.15, -0.1) is 0 Å². The molecule has 18 heavy (non-hydrogen) atoms. The molecule has 0 spiro atoms. The molecule has 3 heteroatoms. The number of amides is 1. The van der Waals surface area contributed by atoms with Crippen LogP contribution in [0.15, 0.2) is 0 Å². The van der Waals surface area contributed by atoms with E-state index >= 15 is 0 Å². The molecule has 1 saturated carbocycles. The van der Waals surface area contributed by atoms with Crippen molar-refractivity contribution in [3.8, 4) is 0 Å². The molecule has 0 aromatic heterocycles. The molecular formula is C15H30N2O. The van der Waals surface area contributed by atoms with Crippen LogP contribution in [0, 0.1) is 11.8 Å². The number of hydrogen-bond donors (Lipinski definition) is 2. The summed E-state index contributed by atoms with van der Waals surface area (Å²) < 4.78 is 0. The number of nitrogens with two attached hydrogens (primary N) is 1. The normalized spacial score (nSPS) is 25.9.